The molecule has 4 rings (SSSR count). The maximum absolute atomic E-state index is 8.99. The lowest BCUT2D eigenvalue weighted by molar-refractivity contribution is 0.161. The SMILES string of the molecule is CN(C)C12CCC(Nc3ncc4oc(C#N)cc4c3Br)(CC1)C2. The summed E-state index contributed by atoms with van der Waals surface area (Å²) in [5.41, 5.74) is 1.11. The van der Waals surface area contributed by atoms with Gasteiger partial charge in [0.1, 0.15) is 11.9 Å². The lowest BCUT2D eigenvalue weighted by Crippen LogP contribution is -2.39. The lowest BCUT2D eigenvalue weighted by atomic mass is 9.90. The highest BCUT2D eigenvalue weighted by Crippen LogP contribution is 2.54. The van der Waals surface area contributed by atoms with Crippen LogP contribution in [0.3, 0.4) is 0 Å². The quantitative estimate of drug-likeness (QED) is 0.882. The van der Waals surface area contributed by atoms with E-state index in [1.54, 1.807) is 12.3 Å². The second-order valence-corrected chi connectivity index (χ2v) is 7.92. The predicted octanol–water partition coefficient (Wildman–Crippen LogP) is 3.89. The van der Waals surface area contributed by atoms with Crippen molar-refractivity contribution in [2.24, 2.45) is 0 Å². The number of rotatable bonds is 3. The maximum Gasteiger partial charge on any atom is 0.204 e. The Kier molecular flexibility index (Phi) is 3.23. The van der Waals surface area contributed by atoms with E-state index < -0.39 is 0 Å². The van der Waals surface area contributed by atoms with Crippen LogP contribution in [-0.4, -0.2) is 35.1 Å². The van der Waals surface area contributed by atoms with Crippen molar-refractivity contribution in [3.63, 3.8) is 0 Å². The average molecular weight is 375 g/mol. The molecule has 2 aromatic heterocycles. The summed E-state index contributed by atoms with van der Waals surface area (Å²) < 4.78 is 6.32. The van der Waals surface area contributed by atoms with Gasteiger partial charge in [-0.2, -0.15) is 5.26 Å². The van der Waals surface area contributed by atoms with Crippen molar-refractivity contribution in [3.05, 3.63) is 22.5 Å². The fourth-order valence-corrected chi connectivity index (χ4v) is 4.84. The number of nitrogens with one attached hydrogen (secondary N) is 1. The van der Waals surface area contributed by atoms with Gasteiger partial charge in [-0.1, -0.05) is 0 Å². The molecule has 0 aromatic carbocycles. The van der Waals surface area contributed by atoms with Crippen LogP contribution >= 0.6 is 15.9 Å². The number of hydrogen-bond acceptors (Lipinski definition) is 5. The summed E-state index contributed by atoms with van der Waals surface area (Å²) in [5, 5.41) is 13.6. The van der Waals surface area contributed by atoms with Gasteiger partial charge in [0.15, 0.2) is 5.58 Å². The van der Waals surface area contributed by atoms with Crippen LogP contribution in [0.1, 0.15) is 37.9 Å². The van der Waals surface area contributed by atoms with Gasteiger partial charge in [-0.15, -0.1) is 0 Å². The molecule has 0 saturated heterocycles. The van der Waals surface area contributed by atoms with Crippen LogP contribution < -0.4 is 5.32 Å². The summed E-state index contributed by atoms with van der Waals surface area (Å²) in [7, 11) is 4.38. The highest BCUT2D eigenvalue weighted by atomic mass is 79.9. The Morgan fingerprint density at radius 2 is 2.09 bits per heavy atom. The van der Waals surface area contributed by atoms with E-state index in [0.717, 1.165) is 22.1 Å². The van der Waals surface area contributed by atoms with Gasteiger partial charge in [-0.25, -0.2) is 4.98 Å². The molecule has 120 valence electrons. The molecule has 0 spiro atoms. The lowest BCUT2D eigenvalue weighted by Gasteiger charge is -2.34. The second-order valence-electron chi connectivity index (χ2n) is 7.12. The molecule has 2 aromatic rings. The van der Waals surface area contributed by atoms with E-state index in [0.29, 0.717) is 16.9 Å². The molecule has 2 heterocycles. The number of hydrogen-bond donors (Lipinski definition) is 1. The molecule has 1 N–H and O–H groups in total. The van der Waals surface area contributed by atoms with Crippen molar-refractivity contribution in [3.8, 4) is 6.07 Å². The molecule has 2 aliphatic carbocycles. The second kappa shape index (κ2) is 4.96. The summed E-state index contributed by atoms with van der Waals surface area (Å²) in [5.74, 6) is 1.16. The largest absolute Gasteiger partial charge is 0.444 e. The van der Waals surface area contributed by atoms with Crippen molar-refractivity contribution < 1.29 is 4.42 Å². The van der Waals surface area contributed by atoms with Gasteiger partial charge in [0.2, 0.25) is 5.76 Å². The Morgan fingerprint density at radius 1 is 1.35 bits per heavy atom. The zero-order valence-corrected chi connectivity index (χ0v) is 14.9. The van der Waals surface area contributed by atoms with Crippen LogP contribution in [-0.2, 0) is 0 Å². The van der Waals surface area contributed by atoms with Crippen molar-refractivity contribution in [2.75, 3.05) is 19.4 Å². The van der Waals surface area contributed by atoms with Gasteiger partial charge < -0.3 is 14.6 Å². The molecule has 5 nitrogen and oxygen atoms in total. The summed E-state index contributed by atoms with van der Waals surface area (Å²) in [4.78, 5) is 6.92. The zero-order valence-electron chi connectivity index (χ0n) is 13.3. The molecule has 6 heteroatoms. The van der Waals surface area contributed by atoms with E-state index in [1.807, 2.05) is 6.07 Å². The Balaban J connectivity index is 1.67. The number of pyridine rings is 1. The van der Waals surface area contributed by atoms with Gasteiger partial charge in [-0.05, 0) is 62.1 Å². The van der Waals surface area contributed by atoms with Gasteiger partial charge in [0.25, 0.3) is 0 Å². The number of aromatic nitrogens is 1. The first-order chi connectivity index (χ1) is 11.0. The van der Waals surface area contributed by atoms with Crippen LogP contribution in [0.2, 0.25) is 0 Å². The third-order valence-electron chi connectivity index (χ3n) is 5.76. The Morgan fingerprint density at radius 3 is 2.70 bits per heavy atom. The number of nitriles is 1. The summed E-state index contributed by atoms with van der Waals surface area (Å²) >= 11 is 3.64. The van der Waals surface area contributed by atoms with E-state index in [-0.39, 0.29) is 5.54 Å². The van der Waals surface area contributed by atoms with Crippen LogP contribution in [0.25, 0.3) is 11.0 Å². The third-order valence-corrected chi connectivity index (χ3v) is 6.57. The molecule has 0 radical (unpaired) electrons. The van der Waals surface area contributed by atoms with Gasteiger partial charge in [0.05, 0.1) is 10.7 Å². The maximum atomic E-state index is 8.99. The Labute approximate surface area is 143 Å². The first-order valence-electron chi connectivity index (χ1n) is 7.91. The summed E-state index contributed by atoms with van der Waals surface area (Å²) in [6.07, 6.45) is 7.67. The third kappa shape index (κ3) is 2.18. The minimum atomic E-state index is 0.134. The molecule has 0 aliphatic heterocycles. The summed E-state index contributed by atoms with van der Waals surface area (Å²) in [6.45, 7) is 0. The van der Waals surface area contributed by atoms with Crippen LogP contribution in [0, 0.1) is 11.3 Å². The first-order valence-corrected chi connectivity index (χ1v) is 8.70. The van der Waals surface area contributed by atoms with Crippen LogP contribution in [0.4, 0.5) is 5.82 Å². The number of nitrogens with zero attached hydrogens (tertiary/aromatic N) is 3. The molecule has 2 saturated carbocycles. The number of halogens is 1. The molecule has 23 heavy (non-hydrogen) atoms. The predicted molar refractivity (Wildman–Crippen MR) is 92.3 cm³/mol. The fourth-order valence-electron chi connectivity index (χ4n) is 4.33. The monoisotopic (exact) mass is 374 g/mol. The average Bonchev–Trinajstić information content (AvgIpc) is 3.22. The van der Waals surface area contributed by atoms with E-state index in [1.165, 1.54) is 25.7 Å². The van der Waals surface area contributed by atoms with Crippen LogP contribution in [0.15, 0.2) is 21.2 Å². The van der Waals surface area contributed by atoms with Crippen molar-refractivity contribution in [2.45, 2.75) is 43.2 Å². The molecular formula is C17H19BrN4O. The molecular weight excluding hydrogens is 356 g/mol. The molecule has 2 fully saturated rings. The number of furan rings is 1. The standard InChI is InChI=1S/C17H19BrN4O/c1-22(2)17-5-3-16(10-17,4-6-17)21-15-14(18)12-7-11(8-19)23-13(12)9-20-15/h7,9H,3-6,10H2,1-2H3,(H,20,21). The highest BCUT2D eigenvalue weighted by Gasteiger charge is 2.55. The van der Waals surface area contributed by atoms with Gasteiger partial charge in [-0.3, -0.25) is 0 Å². The van der Waals surface area contributed by atoms with Gasteiger partial charge >= 0.3 is 0 Å². The smallest absolute Gasteiger partial charge is 0.204 e. The van der Waals surface area contributed by atoms with Crippen LogP contribution in [0.5, 0.6) is 0 Å². The molecule has 0 amide bonds. The van der Waals surface area contributed by atoms with E-state index in [9.17, 15) is 0 Å². The summed E-state index contributed by atoms with van der Waals surface area (Å²) in [6, 6.07) is 3.80. The molecule has 2 bridgehead atoms. The normalized spacial score (nSPS) is 29.3. The van der Waals surface area contributed by atoms with Gasteiger partial charge in [0, 0.05) is 22.5 Å². The van der Waals surface area contributed by atoms with Crippen molar-refractivity contribution >= 4 is 32.7 Å². The Bertz CT molecular complexity index is 812. The topological polar surface area (TPSA) is 65.1 Å². The first kappa shape index (κ1) is 15.0. The minimum Gasteiger partial charge on any atom is -0.444 e. The highest BCUT2D eigenvalue weighted by molar-refractivity contribution is 9.10. The minimum absolute atomic E-state index is 0.134. The zero-order chi connectivity index (χ0) is 16.2. The number of anilines is 1. The van der Waals surface area contributed by atoms with Crippen molar-refractivity contribution in [1.29, 1.82) is 5.26 Å². The molecule has 0 atom stereocenters. The number of fused-ring (bicyclic) bond motifs is 3. The molecule has 2 aliphatic rings. The molecule has 0 unspecified atom stereocenters. The van der Waals surface area contributed by atoms with E-state index in [2.05, 4.69) is 45.2 Å². The fraction of sp³-hybridized carbons (Fsp3) is 0.529. The Hall–Kier alpha value is -1.58. The van der Waals surface area contributed by atoms with E-state index in [4.69, 9.17) is 9.68 Å². The van der Waals surface area contributed by atoms with Crippen molar-refractivity contribution in [1.82, 2.24) is 9.88 Å². The van der Waals surface area contributed by atoms with E-state index >= 15 is 0 Å².